The van der Waals surface area contributed by atoms with Crippen molar-refractivity contribution < 1.29 is 14.3 Å². The smallest absolute Gasteiger partial charge is 0.221 e. The highest BCUT2D eigenvalue weighted by Gasteiger charge is 2.14. The second-order valence-electron chi connectivity index (χ2n) is 6.87. The molecule has 7 heteroatoms. The molecule has 0 saturated carbocycles. The summed E-state index contributed by atoms with van der Waals surface area (Å²) in [6, 6.07) is 20.9. The van der Waals surface area contributed by atoms with Crippen LogP contribution in [0.3, 0.4) is 0 Å². The Morgan fingerprint density at radius 3 is 2.13 bits per heavy atom. The topological polar surface area (TPSA) is 85.4 Å². The first-order valence-corrected chi connectivity index (χ1v) is 9.71. The number of aromatic nitrogens is 2. The van der Waals surface area contributed by atoms with Gasteiger partial charge >= 0.3 is 0 Å². The van der Waals surface area contributed by atoms with Crippen molar-refractivity contribution in [1.82, 2.24) is 9.97 Å². The molecule has 0 bridgehead atoms. The van der Waals surface area contributed by atoms with E-state index < -0.39 is 0 Å². The zero-order valence-electron chi connectivity index (χ0n) is 17.5. The van der Waals surface area contributed by atoms with E-state index in [4.69, 9.17) is 19.4 Å². The highest BCUT2D eigenvalue weighted by atomic mass is 16.5. The molecular weight excluding hydrogens is 392 g/mol. The fourth-order valence-corrected chi connectivity index (χ4v) is 3.24. The molecule has 0 atom stereocenters. The van der Waals surface area contributed by atoms with Gasteiger partial charge in [-0.25, -0.2) is 9.97 Å². The number of benzene rings is 3. The van der Waals surface area contributed by atoms with Gasteiger partial charge in [-0.2, -0.15) is 0 Å². The third-order valence-corrected chi connectivity index (χ3v) is 4.70. The van der Waals surface area contributed by atoms with Crippen LogP contribution in [0.2, 0.25) is 0 Å². The Bertz CT molecular complexity index is 1230. The van der Waals surface area contributed by atoms with E-state index in [1.54, 1.807) is 14.2 Å². The number of rotatable bonds is 6. The Morgan fingerprint density at radius 2 is 1.48 bits per heavy atom. The number of nitrogens with one attached hydrogen (secondary N) is 2. The first-order chi connectivity index (χ1) is 15.1. The molecule has 0 aliphatic carbocycles. The standard InChI is InChI=1S/C24H22N4O3/c1-15(29)25-17-9-11-18(12-10-17)26-24-19-13-21(30-2)22(31-3)14-20(19)27-23(28-24)16-7-5-4-6-8-16/h4-14H,1-3H3,(H,25,29)(H,26,27,28). The van der Waals surface area contributed by atoms with E-state index in [0.29, 0.717) is 23.1 Å². The highest BCUT2D eigenvalue weighted by molar-refractivity contribution is 5.95. The lowest BCUT2D eigenvalue weighted by Crippen LogP contribution is -2.05. The van der Waals surface area contributed by atoms with Crippen molar-refractivity contribution in [3.63, 3.8) is 0 Å². The second-order valence-corrected chi connectivity index (χ2v) is 6.87. The van der Waals surface area contributed by atoms with E-state index in [0.717, 1.165) is 27.8 Å². The van der Waals surface area contributed by atoms with Crippen molar-refractivity contribution >= 4 is 34.0 Å². The van der Waals surface area contributed by atoms with Crippen LogP contribution in [0.15, 0.2) is 66.7 Å². The molecule has 4 aromatic rings. The number of methoxy groups -OCH3 is 2. The van der Waals surface area contributed by atoms with E-state index in [2.05, 4.69) is 10.6 Å². The summed E-state index contributed by atoms with van der Waals surface area (Å²) in [7, 11) is 3.19. The van der Waals surface area contributed by atoms with Crippen molar-refractivity contribution in [2.45, 2.75) is 6.92 Å². The van der Waals surface area contributed by atoms with Gasteiger partial charge in [0.15, 0.2) is 17.3 Å². The number of fused-ring (bicyclic) bond motifs is 1. The minimum atomic E-state index is -0.115. The summed E-state index contributed by atoms with van der Waals surface area (Å²) in [5, 5.41) is 6.92. The first-order valence-electron chi connectivity index (χ1n) is 9.71. The number of nitrogens with zero attached hydrogens (tertiary/aromatic N) is 2. The number of hydrogen-bond acceptors (Lipinski definition) is 6. The Morgan fingerprint density at radius 1 is 0.839 bits per heavy atom. The Kier molecular flexibility index (Phi) is 5.66. The summed E-state index contributed by atoms with van der Waals surface area (Å²) in [5.41, 5.74) is 3.18. The van der Waals surface area contributed by atoms with E-state index in [-0.39, 0.29) is 5.91 Å². The molecule has 4 rings (SSSR count). The van der Waals surface area contributed by atoms with Crippen molar-refractivity contribution in [2.75, 3.05) is 24.9 Å². The summed E-state index contributed by atoms with van der Waals surface area (Å²) in [6.07, 6.45) is 0. The lowest BCUT2D eigenvalue weighted by Gasteiger charge is -2.14. The van der Waals surface area contributed by atoms with Crippen LogP contribution >= 0.6 is 0 Å². The SMILES string of the molecule is COc1cc2nc(-c3ccccc3)nc(Nc3ccc(NC(C)=O)cc3)c2cc1OC. The second kappa shape index (κ2) is 8.71. The van der Waals surface area contributed by atoms with Gasteiger partial charge in [-0.15, -0.1) is 0 Å². The molecule has 2 N–H and O–H groups in total. The molecule has 7 nitrogen and oxygen atoms in total. The lowest BCUT2D eigenvalue weighted by atomic mass is 10.1. The fourth-order valence-electron chi connectivity index (χ4n) is 3.24. The molecule has 0 unspecified atom stereocenters. The molecule has 0 aliphatic rings. The maximum Gasteiger partial charge on any atom is 0.221 e. The van der Waals surface area contributed by atoms with Crippen LogP contribution < -0.4 is 20.1 Å². The molecule has 156 valence electrons. The quantitative estimate of drug-likeness (QED) is 0.461. The van der Waals surface area contributed by atoms with Gasteiger partial charge in [0.25, 0.3) is 0 Å². The number of ether oxygens (including phenoxy) is 2. The molecule has 1 amide bonds. The minimum Gasteiger partial charge on any atom is -0.493 e. The van der Waals surface area contributed by atoms with E-state index in [1.165, 1.54) is 6.92 Å². The number of hydrogen-bond donors (Lipinski definition) is 2. The van der Waals surface area contributed by atoms with Gasteiger partial charge in [0.2, 0.25) is 5.91 Å². The zero-order valence-corrected chi connectivity index (χ0v) is 17.5. The van der Waals surface area contributed by atoms with E-state index >= 15 is 0 Å². The Labute approximate surface area is 180 Å². The van der Waals surface area contributed by atoms with Gasteiger partial charge in [-0.05, 0) is 30.3 Å². The van der Waals surface area contributed by atoms with Crippen LogP contribution in [0.5, 0.6) is 11.5 Å². The van der Waals surface area contributed by atoms with Crippen LogP contribution in [0.4, 0.5) is 17.2 Å². The van der Waals surface area contributed by atoms with Gasteiger partial charge < -0.3 is 20.1 Å². The van der Waals surface area contributed by atoms with Gasteiger partial charge in [-0.3, -0.25) is 4.79 Å². The van der Waals surface area contributed by atoms with Crippen LogP contribution in [0, 0.1) is 0 Å². The molecule has 31 heavy (non-hydrogen) atoms. The van der Waals surface area contributed by atoms with Crippen LogP contribution in [0.25, 0.3) is 22.3 Å². The summed E-state index contributed by atoms with van der Waals surface area (Å²) < 4.78 is 10.9. The lowest BCUT2D eigenvalue weighted by molar-refractivity contribution is -0.114. The molecule has 0 saturated heterocycles. The molecule has 1 aromatic heterocycles. The van der Waals surface area contributed by atoms with E-state index in [9.17, 15) is 4.79 Å². The predicted octanol–water partition coefficient (Wildman–Crippen LogP) is 5.02. The average molecular weight is 414 g/mol. The van der Waals surface area contributed by atoms with Gasteiger partial charge in [-0.1, -0.05) is 30.3 Å². The summed E-state index contributed by atoms with van der Waals surface area (Å²) in [5.74, 6) is 2.30. The number of carbonyl (C=O) groups is 1. The van der Waals surface area contributed by atoms with Crippen LogP contribution in [-0.2, 0) is 4.79 Å². The summed E-state index contributed by atoms with van der Waals surface area (Å²) >= 11 is 0. The predicted molar refractivity (Wildman–Crippen MR) is 122 cm³/mol. The van der Waals surface area contributed by atoms with Crippen molar-refractivity contribution in [3.05, 3.63) is 66.7 Å². The highest BCUT2D eigenvalue weighted by Crippen LogP contribution is 2.36. The Balaban J connectivity index is 1.82. The first kappa shape index (κ1) is 20.2. The van der Waals surface area contributed by atoms with E-state index in [1.807, 2.05) is 66.7 Å². The molecule has 0 fully saturated rings. The molecule has 1 heterocycles. The van der Waals surface area contributed by atoms with Crippen molar-refractivity contribution in [3.8, 4) is 22.9 Å². The largest absolute Gasteiger partial charge is 0.493 e. The van der Waals surface area contributed by atoms with Crippen LogP contribution in [0.1, 0.15) is 6.92 Å². The third-order valence-electron chi connectivity index (χ3n) is 4.70. The molecular formula is C24H22N4O3. The van der Waals surface area contributed by atoms with Crippen molar-refractivity contribution in [1.29, 1.82) is 0 Å². The zero-order chi connectivity index (χ0) is 21.8. The Hall–Kier alpha value is -4.13. The maximum atomic E-state index is 11.3. The third kappa shape index (κ3) is 4.40. The maximum absolute atomic E-state index is 11.3. The average Bonchev–Trinajstić information content (AvgIpc) is 2.79. The molecule has 0 spiro atoms. The normalized spacial score (nSPS) is 10.5. The summed E-state index contributed by atoms with van der Waals surface area (Å²) in [4.78, 5) is 20.8. The number of anilines is 3. The minimum absolute atomic E-state index is 0.115. The number of amides is 1. The fraction of sp³-hybridized carbons (Fsp3) is 0.125. The number of carbonyl (C=O) groups excluding carboxylic acids is 1. The molecule has 0 radical (unpaired) electrons. The molecule has 0 aliphatic heterocycles. The van der Waals surface area contributed by atoms with Gasteiger partial charge in [0.1, 0.15) is 5.82 Å². The van der Waals surface area contributed by atoms with Gasteiger partial charge in [0, 0.05) is 35.3 Å². The monoisotopic (exact) mass is 414 g/mol. The van der Waals surface area contributed by atoms with Crippen LogP contribution in [-0.4, -0.2) is 30.1 Å². The van der Waals surface area contributed by atoms with Gasteiger partial charge in [0.05, 0.1) is 19.7 Å². The summed E-state index contributed by atoms with van der Waals surface area (Å²) in [6.45, 7) is 1.48. The van der Waals surface area contributed by atoms with Crippen molar-refractivity contribution in [2.24, 2.45) is 0 Å². The molecule has 3 aromatic carbocycles.